The van der Waals surface area contributed by atoms with Gasteiger partial charge in [0.1, 0.15) is 0 Å². The highest BCUT2D eigenvalue weighted by Gasteiger charge is 2.26. The molecular weight excluding hydrogens is 348 g/mol. The Morgan fingerprint density at radius 1 is 1.48 bits per heavy atom. The van der Waals surface area contributed by atoms with E-state index in [1.165, 1.54) is 4.52 Å². The molecule has 1 aliphatic rings. The van der Waals surface area contributed by atoms with E-state index in [0.717, 1.165) is 30.5 Å². The number of aliphatic hydroxyl groups excluding tert-OH is 1. The van der Waals surface area contributed by atoms with Crippen LogP contribution in [-0.4, -0.2) is 42.0 Å². The van der Waals surface area contributed by atoms with Crippen molar-refractivity contribution in [2.24, 2.45) is 0 Å². The third kappa shape index (κ3) is 3.14. The summed E-state index contributed by atoms with van der Waals surface area (Å²) in [5, 5.41) is 19.3. The molecule has 3 aromatic heterocycles. The zero-order valence-electron chi connectivity index (χ0n) is 15.1. The molecule has 1 amide bonds. The number of aryl methyl sites for hydroxylation is 1. The van der Waals surface area contributed by atoms with Crippen LogP contribution in [0.4, 0.5) is 0 Å². The molecule has 0 aliphatic heterocycles. The molecule has 0 saturated carbocycles. The molecule has 0 fully saturated rings. The van der Waals surface area contributed by atoms with Crippen molar-refractivity contribution in [2.45, 2.75) is 45.2 Å². The monoisotopic (exact) mass is 370 g/mol. The molecular formula is C18H22N6O3. The molecule has 9 heteroatoms. The first kappa shape index (κ1) is 17.5. The molecule has 1 unspecified atom stereocenters. The van der Waals surface area contributed by atoms with Crippen LogP contribution in [0.15, 0.2) is 23.3 Å². The highest BCUT2D eigenvalue weighted by molar-refractivity contribution is 5.79. The number of carbonyl (C=O) groups excluding carboxylic acids is 1. The van der Waals surface area contributed by atoms with Crippen molar-refractivity contribution in [1.82, 2.24) is 29.7 Å². The highest BCUT2D eigenvalue weighted by Crippen LogP contribution is 2.29. The maximum Gasteiger partial charge on any atom is 0.276 e. The molecule has 1 aliphatic carbocycles. The lowest BCUT2D eigenvalue weighted by atomic mass is 9.92. The van der Waals surface area contributed by atoms with Gasteiger partial charge in [-0.15, -0.1) is 0 Å². The summed E-state index contributed by atoms with van der Waals surface area (Å²) in [4.78, 5) is 29.6. The van der Waals surface area contributed by atoms with Gasteiger partial charge in [-0.05, 0) is 26.2 Å². The number of fused-ring (bicyclic) bond motifs is 2. The average molecular weight is 370 g/mol. The number of nitrogens with one attached hydrogen (secondary N) is 2. The normalized spacial score (nSPS) is 16.4. The average Bonchev–Trinajstić information content (AvgIpc) is 3.27. The second kappa shape index (κ2) is 6.99. The van der Waals surface area contributed by atoms with Crippen LogP contribution >= 0.6 is 0 Å². The second-order valence-corrected chi connectivity index (χ2v) is 6.82. The van der Waals surface area contributed by atoms with Crippen LogP contribution in [0.2, 0.25) is 0 Å². The van der Waals surface area contributed by atoms with E-state index in [-0.39, 0.29) is 30.5 Å². The Labute approximate surface area is 155 Å². The predicted molar refractivity (Wildman–Crippen MR) is 97.4 cm³/mol. The van der Waals surface area contributed by atoms with Crippen LogP contribution in [0.5, 0.6) is 0 Å². The first-order valence-electron chi connectivity index (χ1n) is 9.09. The molecule has 3 heterocycles. The minimum atomic E-state index is -0.252. The number of nitrogens with zero attached hydrogens (tertiary/aromatic N) is 4. The summed E-state index contributed by atoms with van der Waals surface area (Å²) in [6.45, 7) is 2.23. The molecule has 1 atom stereocenters. The van der Waals surface area contributed by atoms with Crippen LogP contribution in [0.25, 0.3) is 5.65 Å². The molecule has 0 aromatic carbocycles. The minimum absolute atomic E-state index is 0.0176. The van der Waals surface area contributed by atoms with Gasteiger partial charge < -0.3 is 10.4 Å². The minimum Gasteiger partial charge on any atom is -0.394 e. The van der Waals surface area contributed by atoms with Gasteiger partial charge in [0.2, 0.25) is 5.91 Å². The van der Waals surface area contributed by atoms with Gasteiger partial charge in [-0.25, -0.2) is 9.50 Å². The fraction of sp³-hybridized carbons (Fsp3) is 0.444. The van der Waals surface area contributed by atoms with E-state index in [0.29, 0.717) is 23.4 Å². The number of H-pyrrole nitrogens is 1. The number of carbonyl (C=O) groups is 1. The van der Waals surface area contributed by atoms with Gasteiger partial charge in [-0.2, -0.15) is 5.10 Å². The first-order chi connectivity index (χ1) is 13.1. The van der Waals surface area contributed by atoms with Gasteiger partial charge in [-0.1, -0.05) is 0 Å². The molecule has 3 N–H and O–H groups in total. The van der Waals surface area contributed by atoms with Crippen molar-refractivity contribution in [3.8, 4) is 0 Å². The Morgan fingerprint density at radius 2 is 2.33 bits per heavy atom. The van der Waals surface area contributed by atoms with E-state index in [2.05, 4.69) is 20.5 Å². The summed E-state index contributed by atoms with van der Waals surface area (Å²) >= 11 is 0. The summed E-state index contributed by atoms with van der Waals surface area (Å²) in [5.74, 6) is -0.212. The summed E-state index contributed by atoms with van der Waals surface area (Å²) in [6, 6.07) is 1.59. The smallest absolute Gasteiger partial charge is 0.276 e. The fourth-order valence-electron chi connectivity index (χ4n) is 3.77. The highest BCUT2D eigenvalue weighted by atomic mass is 16.3. The quantitative estimate of drug-likeness (QED) is 0.595. The Hall–Kier alpha value is -2.94. The zero-order valence-corrected chi connectivity index (χ0v) is 15.1. The largest absolute Gasteiger partial charge is 0.394 e. The molecule has 0 spiro atoms. The SMILES string of the molecule is Cc1nc2cc[nH]n2c(=O)c1CC(=O)NC1CCCc2c1cnn2CCO. The number of hydrogen-bond acceptors (Lipinski definition) is 5. The van der Waals surface area contributed by atoms with Gasteiger partial charge in [0.25, 0.3) is 5.56 Å². The maximum atomic E-state index is 12.6. The van der Waals surface area contributed by atoms with Gasteiger partial charge in [0.15, 0.2) is 5.65 Å². The van der Waals surface area contributed by atoms with Crippen molar-refractivity contribution in [3.63, 3.8) is 0 Å². The molecule has 0 saturated heterocycles. The standard InChI is InChI=1S/C18H22N6O3/c1-11-12(18(27)24-16(21-11)5-6-19-24)9-17(26)22-14-3-2-4-15-13(14)10-20-23(15)7-8-25/h5-6,10,14,19,25H,2-4,7-9H2,1H3,(H,22,26). The number of aromatic amines is 1. The summed E-state index contributed by atoms with van der Waals surface area (Å²) in [6.07, 6.45) is 6.04. The van der Waals surface area contributed by atoms with E-state index < -0.39 is 0 Å². The molecule has 9 nitrogen and oxygen atoms in total. The molecule has 27 heavy (non-hydrogen) atoms. The van der Waals surface area contributed by atoms with Gasteiger partial charge >= 0.3 is 0 Å². The Bertz CT molecular complexity index is 1050. The molecule has 0 bridgehead atoms. The van der Waals surface area contributed by atoms with Crippen LogP contribution < -0.4 is 10.9 Å². The Balaban J connectivity index is 1.54. The van der Waals surface area contributed by atoms with Crippen molar-refractivity contribution in [2.75, 3.05) is 6.61 Å². The third-order valence-electron chi connectivity index (χ3n) is 5.09. The lowest BCUT2D eigenvalue weighted by Crippen LogP contribution is -2.34. The number of hydrogen-bond donors (Lipinski definition) is 3. The summed E-state index contributed by atoms with van der Waals surface area (Å²) < 4.78 is 3.14. The van der Waals surface area contributed by atoms with E-state index >= 15 is 0 Å². The van der Waals surface area contributed by atoms with Crippen molar-refractivity contribution >= 4 is 11.6 Å². The van der Waals surface area contributed by atoms with Crippen LogP contribution in [0.1, 0.15) is 41.4 Å². The van der Waals surface area contributed by atoms with E-state index in [9.17, 15) is 9.59 Å². The first-order valence-corrected chi connectivity index (χ1v) is 9.09. The van der Waals surface area contributed by atoms with Crippen LogP contribution in [0.3, 0.4) is 0 Å². The Morgan fingerprint density at radius 3 is 3.15 bits per heavy atom. The van der Waals surface area contributed by atoms with Gasteiger partial charge in [0.05, 0.1) is 31.8 Å². The van der Waals surface area contributed by atoms with E-state index in [1.807, 2.05) is 0 Å². The van der Waals surface area contributed by atoms with E-state index in [4.69, 9.17) is 5.11 Å². The molecule has 0 radical (unpaired) electrons. The topological polar surface area (TPSA) is 117 Å². The van der Waals surface area contributed by atoms with Crippen molar-refractivity contribution in [1.29, 1.82) is 0 Å². The van der Waals surface area contributed by atoms with Gasteiger partial charge in [0, 0.05) is 34.8 Å². The van der Waals surface area contributed by atoms with Crippen LogP contribution in [0, 0.1) is 6.92 Å². The predicted octanol–water partition coefficient (Wildman–Crippen LogP) is 0.256. The molecule has 3 aromatic rings. The number of aromatic nitrogens is 5. The summed E-state index contributed by atoms with van der Waals surface area (Å²) in [7, 11) is 0. The molecule has 142 valence electrons. The zero-order chi connectivity index (χ0) is 19.0. The lowest BCUT2D eigenvalue weighted by Gasteiger charge is -2.24. The maximum absolute atomic E-state index is 12.6. The van der Waals surface area contributed by atoms with Crippen LogP contribution in [-0.2, 0) is 24.2 Å². The fourth-order valence-corrected chi connectivity index (χ4v) is 3.77. The summed E-state index contributed by atoms with van der Waals surface area (Å²) in [5.41, 5.74) is 3.29. The van der Waals surface area contributed by atoms with E-state index in [1.54, 1.807) is 30.1 Å². The Kier molecular flexibility index (Phi) is 4.53. The van der Waals surface area contributed by atoms with Crippen molar-refractivity contribution < 1.29 is 9.90 Å². The number of amides is 1. The second-order valence-electron chi connectivity index (χ2n) is 6.82. The third-order valence-corrected chi connectivity index (χ3v) is 5.09. The van der Waals surface area contributed by atoms with Gasteiger partial charge in [-0.3, -0.25) is 19.4 Å². The number of rotatable bonds is 5. The van der Waals surface area contributed by atoms with Crippen molar-refractivity contribution in [3.05, 3.63) is 51.3 Å². The molecule has 4 rings (SSSR count). The lowest BCUT2D eigenvalue weighted by molar-refractivity contribution is -0.121. The number of aliphatic hydroxyl groups is 1.